The van der Waals surface area contributed by atoms with E-state index in [4.69, 9.17) is 4.98 Å². The lowest BCUT2D eigenvalue weighted by Crippen LogP contribution is -2.03. The van der Waals surface area contributed by atoms with Gasteiger partial charge in [0.2, 0.25) is 0 Å². The van der Waals surface area contributed by atoms with Gasteiger partial charge in [0, 0.05) is 38.0 Å². The number of hydrogen-bond donors (Lipinski definition) is 0. The maximum atomic E-state index is 5.43. The van der Waals surface area contributed by atoms with Crippen molar-refractivity contribution in [1.82, 2.24) is 18.7 Å². The molecule has 0 N–H and O–H groups in total. The Morgan fingerprint density at radius 3 is 1.49 bits per heavy atom. The minimum Gasteiger partial charge on any atom is -0.309 e. The van der Waals surface area contributed by atoms with Crippen molar-refractivity contribution < 1.29 is 0 Å². The topological polar surface area (TPSA) is 27.7 Å². The largest absolute Gasteiger partial charge is 0.309 e. The maximum Gasteiger partial charge on any atom is 0.140 e. The predicted octanol–water partition coefficient (Wildman–Crippen LogP) is 13.5. The van der Waals surface area contributed by atoms with E-state index in [0.29, 0.717) is 0 Å². The van der Waals surface area contributed by atoms with Crippen molar-refractivity contribution >= 4 is 65.4 Å². The van der Waals surface area contributed by atoms with Crippen LogP contribution in [0, 0.1) is 0 Å². The smallest absolute Gasteiger partial charge is 0.140 e. The second-order valence-electron chi connectivity index (χ2n) is 13.0. The van der Waals surface area contributed by atoms with E-state index in [1.165, 1.54) is 48.9 Å². The third kappa shape index (κ3) is 5.69. The zero-order valence-corrected chi connectivity index (χ0v) is 30.4. The van der Waals surface area contributed by atoms with Crippen molar-refractivity contribution in [2.24, 2.45) is 0 Å². The molecular formula is C49H42N4. The van der Waals surface area contributed by atoms with Gasteiger partial charge in [0.1, 0.15) is 11.6 Å². The number of rotatable bonds is 4. The number of pyridine rings is 1. The van der Waals surface area contributed by atoms with Crippen molar-refractivity contribution in [3.05, 3.63) is 183 Å². The van der Waals surface area contributed by atoms with Gasteiger partial charge in [-0.1, -0.05) is 128 Å². The van der Waals surface area contributed by atoms with Crippen molar-refractivity contribution in [2.75, 3.05) is 0 Å². The summed E-state index contributed by atoms with van der Waals surface area (Å²) in [5, 5.41) is 7.35. The molecule has 0 unspecified atom stereocenters. The molecule has 4 nitrogen and oxygen atoms in total. The second-order valence-corrected chi connectivity index (χ2v) is 13.0. The first kappa shape index (κ1) is 33.5. The summed E-state index contributed by atoms with van der Waals surface area (Å²) in [5.74, 6) is 1.79. The van der Waals surface area contributed by atoms with Gasteiger partial charge in [-0.05, 0) is 74.9 Å². The molecule has 6 aromatic carbocycles. The Labute approximate surface area is 310 Å². The Morgan fingerprint density at radius 2 is 0.943 bits per heavy atom. The molecule has 4 heterocycles. The fourth-order valence-electron chi connectivity index (χ4n) is 7.67. The van der Waals surface area contributed by atoms with Crippen LogP contribution in [0.5, 0.6) is 0 Å². The number of allylic oxidation sites excluding steroid dienone is 3. The predicted molar refractivity (Wildman–Crippen MR) is 228 cm³/mol. The Kier molecular flexibility index (Phi) is 9.18. The van der Waals surface area contributed by atoms with Crippen molar-refractivity contribution in [3.63, 3.8) is 0 Å². The molecule has 10 rings (SSSR count). The summed E-state index contributed by atoms with van der Waals surface area (Å²) in [6.07, 6.45) is 7.09. The summed E-state index contributed by atoms with van der Waals surface area (Å²) in [6.45, 7) is 9.41. The molecule has 258 valence electrons. The molecule has 0 aliphatic rings. The quantitative estimate of drug-likeness (QED) is 0.169. The highest BCUT2D eigenvalue weighted by atomic mass is 15.1. The van der Waals surface area contributed by atoms with Gasteiger partial charge in [-0.15, -0.1) is 6.58 Å². The van der Waals surface area contributed by atoms with Crippen LogP contribution < -0.4 is 0 Å². The summed E-state index contributed by atoms with van der Waals surface area (Å²) in [7, 11) is 0. The van der Waals surface area contributed by atoms with Gasteiger partial charge in [0.25, 0.3) is 0 Å². The highest BCUT2D eigenvalue weighted by molar-refractivity contribution is 6.26. The van der Waals surface area contributed by atoms with E-state index < -0.39 is 0 Å². The average molecular weight is 687 g/mol. The molecule has 0 saturated carbocycles. The van der Waals surface area contributed by atoms with Crippen molar-refractivity contribution in [2.45, 2.75) is 27.2 Å². The van der Waals surface area contributed by atoms with E-state index in [2.05, 4.69) is 197 Å². The first-order valence-corrected chi connectivity index (χ1v) is 18.3. The Morgan fingerprint density at radius 1 is 0.472 bits per heavy atom. The monoisotopic (exact) mass is 686 g/mol. The van der Waals surface area contributed by atoms with Crippen LogP contribution in [0.15, 0.2) is 183 Å². The molecule has 0 fully saturated rings. The summed E-state index contributed by atoms with van der Waals surface area (Å²) in [5.41, 5.74) is 8.14. The minimum atomic E-state index is 0.893. The molecule has 0 amide bonds. The SMILES string of the molecule is C/C=C\CC.C=CC.c1ccc(-n2c3ccccc3c3c2ccc2c4ccccc4n(-c4cccc(-n5c6ccccc6c6ccccc65)n4)c23)cc1. The summed E-state index contributed by atoms with van der Waals surface area (Å²) in [6, 6.07) is 56.3. The molecule has 53 heavy (non-hydrogen) atoms. The lowest BCUT2D eigenvalue weighted by Gasteiger charge is -2.12. The van der Waals surface area contributed by atoms with Gasteiger partial charge in [-0.3, -0.25) is 9.13 Å². The Balaban J connectivity index is 0.000000458. The molecule has 0 saturated heterocycles. The highest BCUT2D eigenvalue weighted by Gasteiger charge is 2.21. The van der Waals surface area contributed by atoms with Gasteiger partial charge in [-0.25, -0.2) is 4.98 Å². The average Bonchev–Trinajstić information content (AvgIpc) is 3.85. The van der Waals surface area contributed by atoms with Crippen LogP contribution >= 0.6 is 0 Å². The lowest BCUT2D eigenvalue weighted by atomic mass is 10.1. The van der Waals surface area contributed by atoms with Crippen molar-refractivity contribution in [1.29, 1.82) is 0 Å². The molecule has 10 aromatic rings. The highest BCUT2D eigenvalue weighted by Crippen LogP contribution is 2.42. The third-order valence-electron chi connectivity index (χ3n) is 9.71. The Bertz CT molecular complexity index is 2860. The first-order chi connectivity index (χ1) is 26.2. The molecular weight excluding hydrogens is 645 g/mol. The number of para-hydroxylation sites is 5. The number of fused-ring (bicyclic) bond motifs is 10. The maximum absolute atomic E-state index is 5.43. The van der Waals surface area contributed by atoms with Crippen molar-refractivity contribution in [3.8, 4) is 17.3 Å². The van der Waals surface area contributed by atoms with Crippen LogP contribution in [0.4, 0.5) is 0 Å². The fraction of sp³-hybridized carbons (Fsp3) is 0.0816. The zero-order valence-electron chi connectivity index (χ0n) is 30.4. The van der Waals surface area contributed by atoms with Gasteiger partial charge < -0.3 is 4.57 Å². The summed E-state index contributed by atoms with van der Waals surface area (Å²) < 4.78 is 7.04. The zero-order chi connectivity index (χ0) is 36.3. The third-order valence-corrected chi connectivity index (χ3v) is 9.71. The molecule has 0 aliphatic carbocycles. The van der Waals surface area contributed by atoms with E-state index in [9.17, 15) is 0 Å². The van der Waals surface area contributed by atoms with E-state index in [-0.39, 0.29) is 0 Å². The lowest BCUT2D eigenvalue weighted by molar-refractivity contribution is 1.02. The van der Waals surface area contributed by atoms with Gasteiger partial charge in [0.05, 0.1) is 33.1 Å². The normalized spacial score (nSPS) is 11.4. The number of aromatic nitrogens is 4. The molecule has 0 bridgehead atoms. The number of benzene rings is 6. The minimum absolute atomic E-state index is 0.893. The van der Waals surface area contributed by atoms with Crippen LogP contribution in [0.25, 0.3) is 82.7 Å². The molecule has 0 spiro atoms. The van der Waals surface area contributed by atoms with E-state index in [0.717, 1.165) is 40.3 Å². The van der Waals surface area contributed by atoms with E-state index in [1.807, 2.05) is 13.8 Å². The van der Waals surface area contributed by atoms with E-state index in [1.54, 1.807) is 6.08 Å². The standard InChI is InChI=1S/C41H26N4.C5H10.C3H6/c1-2-13-27(14-3-1)43-36-22-11-7-18-32(36)40-37(43)26-25-31-30-17-6-10-21-35(30)45(41(31)40)39-24-12-23-38(42-39)44-33-19-8-4-15-28(33)29-16-5-9-20-34(29)44;1-3-5-4-2;1-3-2/h1-26H;3,5H,4H2,1-2H3;3H,1H2,2H3/b;5-3-;. The molecule has 4 heteroatoms. The molecule has 0 radical (unpaired) electrons. The van der Waals surface area contributed by atoms with Crippen LogP contribution in [0.3, 0.4) is 0 Å². The first-order valence-electron chi connectivity index (χ1n) is 18.3. The summed E-state index contributed by atoms with van der Waals surface area (Å²) >= 11 is 0. The molecule has 0 atom stereocenters. The fourth-order valence-corrected chi connectivity index (χ4v) is 7.67. The van der Waals surface area contributed by atoms with Gasteiger partial charge in [-0.2, -0.15) is 0 Å². The van der Waals surface area contributed by atoms with Crippen LogP contribution in [-0.4, -0.2) is 18.7 Å². The van der Waals surface area contributed by atoms with Gasteiger partial charge in [0.15, 0.2) is 0 Å². The van der Waals surface area contributed by atoms with Crippen LogP contribution in [0.1, 0.15) is 27.2 Å². The number of nitrogens with zero attached hydrogens (tertiary/aromatic N) is 4. The Hall–Kier alpha value is -6.65. The number of hydrogen-bond acceptors (Lipinski definition) is 1. The van der Waals surface area contributed by atoms with Gasteiger partial charge >= 0.3 is 0 Å². The molecule has 0 aliphatic heterocycles. The summed E-state index contributed by atoms with van der Waals surface area (Å²) in [4.78, 5) is 5.43. The van der Waals surface area contributed by atoms with E-state index >= 15 is 0 Å². The van der Waals surface area contributed by atoms with Crippen LogP contribution in [0.2, 0.25) is 0 Å². The molecule has 4 aromatic heterocycles. The van der Waals surface area contributed by atoms with Crippen LogP contribution in [-0.2, 0) is 0 Å². The second kappa shape index (κ2) is 14.5.